The molecular formula is C24H32N4O3. The molecular weight excluding hydrogens is 392 g/mol. The van der Waals surface area contributed by atoms with Crippen LogP contribution in [0.3, 0.4) is 0 Å². The number of amides is 3. The maximum atomic E-state index is 12.3. The minimum Gasteiger partial charge on any atom is -0.376 e. The van der Waals surface area contributed by atoms with Gasteiger partial charge >= 0.3 is 6.03 Å². The summed E-state index contributed by atoms with van der Waals surface area (Å²) >= 11 is 0. The fraction of sp³-hybridized carbons (Fsp3) is 0.417. The molecule has 2 aromatic rings. The third-order valence-electron chi connectivity index (χ3n) is 4.99. The molecule has 0 unspecified atom stereocenters. The van der Waals surface area contributed by atoms with Gasteiger partial charge in [0.05, 0.1) is 6.61 Å². The first-order chi connectivity index (χ1) is 15.0. The standard InChI is InChI=1S/C24H32N4O3/c1-28(2)12-11-25-23(29)21-7-3-5-19(13-21)15-26-24(30)27-22-8-4-6-20(14-22)17-31-16-18-9-10-18/h3-8,13-14,18H,9-12,15-17H2,1-2H3,(H,25,29)(H2,26,27,30). The number of carbonyl (C=O) groups excluding carboxylic acids is 2. The van der Waals surface area contributed by atoms with Crippen LogP contribution in [-0.2, 0) is 17.9 Å². The van der Waals surface area contributed by atoms with E-state index in [0.29, 0.717) is 25.3 Å². The van der Waals surface area contributed by atoms with E-state index in [9.17, 15) is 9.59 Å². The summed E-state index contributed by atoms with van der Waals surface area (Å²) in [7, 11) is 3.92. The van der Waals surface area contributed by atoms with Crippen molar-refractivity contribution in [3.8, 4) is 0 Å². The molecule has 31 heavy (non-hydrogen) atoms. The van der Waals surface area contributed by atoms with Crippen molar-refractivity contribution >= 4 is 17.6 Å². The van der Waals surface area contributed by atoms with Crippen molar-refractivity contribution in [1.82, 2.24) is 15.5 Å². The Kier molecular flexibility index (Phi) is 8.44. The van der Waals surface area contributed by atoms with E-state index in [0.717, 1.165) is 35.9 Å². The Balaban J connectivity index is 1.44. The molecule has 0 aromatic heterocycles. The molecule has 3 rings (SSSR count). The van der Waals surface area contributed by atoms with E-state index in [4.69, 9.17) is 4.74 Å². The molecule has 0 bridgehead atoms. The molecule has 0 saturated heterocycles. The van der Waals surface area contributed by atoms with Gasteiger partial charge in [-0.15, -0.1) is 0 Å². The van der Waals surface area contributed by atoms with E-state index < -0.39 is 0 Å². The first-order valence-electron chi connectivity index (χ1n) is 10.7. The van der Waals surface area contributed by atoms with Crippen LogP contribution < -0.4 is 16.0 Å². The number of ether oxygens (including phenoxy) is 1. The number of nitrogens with zero attached hydrogens (tertiary/aromatic N) is 1. The maximum absolute atomic E-state index is 12.3. The summed E-state index contributed by atoms with van der Waals surface area (Å²) in [5.41, 5.74) is 3.19. The van der Waals surface area contributed by atoms with E-state index in [1.54, 1.807) is 12.1 Å². The van der Waals surface area contributed by atoms with Crippen LogP contribution in [0.1, 0.15) is 34.3 Å². The summed E-state index contributed by atoms with van der Waals surface area (Å²) in [6.07, 6.45) is 2.54. The molecule has 1 aliphatic rings. The number of urea groups is 1. The van der Waals surface area contributed by atoms with Gasteiger partial charge in [0.25, 0.3) is 5.91 Å². The predicted molar refractivity (Wildman–Crippen MR) is 122 cm³/mol. The number of rotatable bonds is 11. The Labute approximate surface area is 184 Å². The summed E-state index contributed by atoms with van der Waals surface area (Å²) in [6.45, 7) is 3.05. The molecule has 1 aliphatic carbocycles. The van der Waals surface area contributed by atoms with Crippen LogP contribution in [-0.4, -0.2) is 50.6 Å². The Hall–Kier alpha value is -2.90. The van der Waals surface area contributed by atoms with Crippen molar-refractivity contribution < 1.29 is 14.3 Å². The lowest BCUT2D eigenvalue weighted by atomic mass is 10.1. The highest BCUT2D eigenvalue weighted by molar-refractivity contribution is 5.94. The van der Waals surface area contributed by atoms with E-state index >= 15 is 0 Å². The molecule has 3 amide bonds. The van der Waals surface area contributed by atoms with Crippen LogP contribution in [0.5, 0.6) is 0 Å². The van der Waals surface area contributed by atoms with Gasteiger partial charge in [-0.2, -0.15) is 0 Å². The van der Waals surface area contributed by atoms with Crippen molar-refractivity contribution in [3.63, 3.8) is 0 Å². The normalized spacial score (nSPS) is 13.1. The van der Waals surface area contributed by atoms with E-state index in [-0.39, 0.29) is 11.9 Å². The molecule has 0 spiro atoms. The second kappa shape index (κ2) is 11.5. The van der Waals surface area contributed by atoms with Crippen LogP contribution in [0.2, 0.25) is 0 Å². The van der Waals surface area contributed by atoms with Crippen LogP contribution >= 0.6 is 0 Å². The first-order valence-corrected chi connectivity index (χ1v) is 10.7. The number of hydrogen-bond donors (Lipinski definition) is 3. The van der Waals surface area contributed by atoms with Gasteiger partial charge < -0.3 is 25.6 Å². The summed E-state index contributed by atoms with van der Waals surface area (Å²) in [4.78, 5) is 26.6. The third-order valence-corrected chi connectivity index (χ3v) is 4.99. The summed E-state index contributed by atoms with van der Waals surface area (Å²) in [5.74, 6) is 0.614. The van der Waals surface area contributed by atoms with Crippen LogP contribution in [0.15, 0.2) is 48.5 Å². The monoisotopic (exact) mass is 424 g/mol. The topological polar surface area (TPSA) is 82.7 Å². The number of anilines is 1. The first kappa shape index (κ1) is 22.8. The van der Waals surface area contributed by atoms with Crippen LogP contribution in [0, 0.1) is 5.92 Å². The van der Waals surface area contributed by atoms with Gasteiger partial charge in [-0.05, 0) is 68.2 Å². The molecule has 0 aliphatic heterocycles. The highest BCUT2D eigenvalue weighted by Crippen LogP contribution is 2.29. The van der Waals surface area contributed by atoms with Crippen molar-refractivity contribution in [2.45, 2.75) is 26.0 Å². The van der Waals surface area contributed by atoms with Gasteiger partial charge in [-0.25, -0.2) is 4.79 Å². The zero-order valence-electron chi connectivity index (χ0n) is 18.3. The Morgan fingerprint density at radius 2 is 1.81 bits per heavy atom. The summed E-state index contributed by atoms with van der Waals surface area (Å²) in [6, 6.07) is 14.6. The number of hydrogen-bond acceptors (Lipinski definition) is 4. The maximum Gasteiger partial charge on any atom is 0.319 e. The largest absolute Gasteiger partial charge is 0.376 e. The molecule has 2 aromatic carbocycles. The highest BCUT2D eigenvalue weighted by Gasteiger charge is 2.21. The lowest BCUT2D eigenvalue weighted by Gasteiger charge is -2.12. The van der Waals surface area contributed by atoms with E-state index in [1.807, 2.05) is 55.4 Å². The second-order valence-electron chi connectivity index (χ2n) is 8.23. The van der Waals surface area contributed by atoms with Gasteiger partial charge in [-0.3, -0.25) is 4.79 Å². The number of benzene rings is 2. The molecule has 3 N–H and O–H groups in total. The zero-order chi connectivity index (χ0) is 22.1. The Morgan fingerprint density at radius 3 is 2.58 bits per heavy atom. The number of carbonyl (C=O) groups is 2. The van der Waals surface area contributed by atoms with Gasteiger partial charge in [-0.1, -0.05) is 24.3 Å². The van der Waals surface area contributed by atoms with Gasteiger partial charge in [0.15, 0.2) is 0 Å². The van der Waals surface area contributed by atoms with Crippen molar-refractivity contribution in [1.29, 1.82) is 0 Å². The zero-order valence-corrected chi connectivity index (χ0v) is 18.3. The van der Waals surface area contributed by atoms with Crippen LogP contribution in [0.4, 0.5) is 10.5 Å². The van der Waals surface area contributed by atoms with E-state index in [2.05, 4.69) is 16.0 Å². The molecule has 7 heteroatoms. The van der Waals surface area contributed by atoms with Crippen molar-refractivity contribution in [2.24, 2.45) is 5.92 Å². The molecule has 0 radical (unpaired) electrons. The smallest absolute Gasteiger partial charge is 0.319 e. The highest BCUT2D eigenvalue weighted by atomic mass is 16.5. The summed E-state index contributed by atoms with van der Waals surface area (Å²) in [5, 5.41) is 8.58. The average molecular weight is 425 g/mol. The Morgan fingerprint density at radius 1 is 1.03 bits per heavy atom. The second-order valence-corrected chi connectivity index (χ2v) is 8.23. The van der Waals surface area contributed by atoms with E-state index in [1.165, 1.54) is 12.8 Å². The minimum atomic E-state index is -0.295. The number of nitrogens with one attached hydrogen (secondary N) is 3. The van der Waals surface area contributed by atoms with Crippen molar-refractivity contribution in [2.75, 3.05) is 39.1 Å². The molecule has 1 fully saturated rings. The van der Waals surface area contributed by atoms with Crippen molar-refractivity contribution in [3.05, 3.63) is 65.2 Å². The number of likely N-dealkylation sites (N-methyl/N-ethyl adjacent to an activating group) is 1. The lowest BCUT2D eigenvalue weighted by Crippen LogP contribution is -2.31. The lowest BCUT2D eigenvalue weighted by molar-refractivity contribution is 0.0951. The third kappa shape index (κ3) is 8.39. The SMILES string of the molecule is CN(C)CCNC(=O)c1cccc(CNC(=O)Nc2cccc(COCC3CC3)c2)c1. The molecule has 0 atom stereocenters. The van der Waals surface area contributed by atoms with Gasteiger partial charge in [0.2, 0.25) is 0 Å². The predicted octanol–water partition coefficient (Wildman–Crippen LogP) is 3.23. The molecule has 7 nitrogen and oxygen atoms in total. The molecule has 166 valence electrons. The van der Waals surface area contributed by atoms with Gasteiger partial charge in [0, 0.05) is 37.5 Å². The molecule has 0 heterocycles. The fourth-order valence-corrected chi connectivity index (χ4v) is 3.04. The van der Waals surface area contributed by atoms with Gasteiger partial charge in [0.1, 0.15) is 0 Å². The minimum absolute atomic E-state index is 0.117. The average Bonchev–Trinajstić information content (AvgIpc) is 3.57. The Bertz CT molecular complexity index is 881. The quantitative estimate of drug-likeness (QED) is 0.517. The van der Waals surface area contributed by atoms with Crippen LogP contribution in [0.25, 0.3) is 0 Å². The summed E-state index contributed by atoms with van der Waals surface area (Å²) < 4.78 is 5.71. The molecule has 1 saturated carbocycles. The fourth-order valence-electron chi connectivity index (χ4n) is 3.04.